The van der Waals surface area contributed by atoms with Crippen LogP contribution in [0.1, 0.15) is 6.92 Å². The average molecular weight is 193 g/mol. The van der Waals surface area contributed by atoms with E-state index < -0.39 is 0 Å². The van der Waals surface area contributed by atoms with E-state index in [2.05, 4.69) is 31.4 Å². The van der Waals surface area contributed by atoms with Crippen molar-refractivity contribution in [3.05, 3.63) is 0 Å². The third-order valence-electron chi connectivity index (χ3n) is 0.694. The molecular formula is C6H9BrO2. The number of methoxy groups -OCH3 is 1. The summed E-state index contributed by atoms with van der Waals surface area (Å²) >= 11 is 2.96. The molecule has 0 aromatic rings. The lowest BCUT2D eigenvalue weighted by atomic mass is 10.4. The summed E-state index contributed by atoms with van der Waals surface area (Å²) in [5.41, 5.74) is 0. The Morgan fingerprint density at radius 3 is 2.78 bits per heavy atom. The molecule has 1 unspecified atom stereocenters. The van der Waals surface area contributed by atoms with E-state index in [0.29, 0.717) is 6.79 Å². The molecule has 0 rings (SSSR count). The molecule has 0 saturated carbocycles. The van der Waals surface area contributed by atoms with Crippen molar-refractivity contribution in [2.45, 2.75) is 13.0 Å². The van der Waals surface area contributed by atoms with Crippen molar-refractivity contribution in [2.75, 3.05) is 13.9 Å². The van der Waals surface area contributed by atoms with Gasteiger partial charge in [0.2, 0.25) is 0 Å². The zero-order chi connectivity index (χ0) is 7.11. The molecule has 0 amide bonds. The zero-order valence-corrected chi connectivity index (χ0v) is 7.06. The summed E-state index contributed by atoms with van der Waals surface area (Å²) in [6.07, 6.45) is -0.0654. The molecule has 0 spiro atoms. The summed E-state index contributed by atoms with van der Waals surface area (Å²) in [5.74, 6) is 2.74. The number of hydrogen-bond donors (Lipinski definition) is 0. The number of hydrogen-bond acceptors (Lipinski definition) is 2. The second-order valence-corrected chi connectivity index (χ2v) is 1.85. The first-order chi connectivity index (χ1) is 4.31. The predicted octanol–water partition coefficient (Wildman–Crippen LogP) is 1.35. The van der Waals surface area contributed by atoms with E-state index >= 15 is 0 Å². The van der Waals surface area contributed by atoms with Crippen molar-refractivity contribution < 1.29 is 9.47 Å². The molecule has 0 aliphatic carbocycles. The van der Waals surface area contributed by atoms with Crippen LogP contribution in [0, 0.1) is 10.8 Å². The van der Waals surface area contributed by atoms with Gasteiger partial charge in [-0.15, -0.1) is 0 Å². The first kappa shape index (κ1) is 8.96. The van der Waals surface area contributed by atoms with Crippen molar-refractivity contribution >= 4 is 15.9 Å². The summed E-state index contributed by atoms with van der Waals surface area (Å²) in [5, 5.41) is 0. The smallest absolute Gasteiger partial charge is 0.148 e. The zero-order valence-electron chi connectivity index (χ0n) is 5.48. The average Bonchev–Trinajstić information content (AvgIpc) is 1.85. The molecule has 0 heterocycles. The van der Waals surface area contributed by atoms with Crippen molar-refractivity contribution in [3.63, 3.8) is 0 Å². The van der Waals surface area contributed by atoms with Gasteiger partial charge in [0, 0.05) is 23.0 Å². The summed E-state index contributed by atoms with van der Waals surface area (Å²) in [4.78, 5) is 2.56. The van der Waals surface area contributed by atoms with E-state index in [9.17, 15) is 0 Å². The molecule has 0 aliphatic rings. The Balaban J connectivity index is 3.23. The van der Waals surface area contributed by atoms with Gasteiger partial charge in [-0.3, -0.25) is 0 Å². The van der Waals surface area contributed by atoms with Crippen LogP contribution >= 0.6 is 15.9 Å². The molecule has 0 N–H and O–H groups in total. The molecule has 9 heavy (non-hydrogen) atoms. The molecule has 0 fully saturated rings. The first-order valence-electron chi connectivity index (χ1n) is 2.53. The lowest BCUT2D eigenvalue weighted by Crippen LogP contribution is -2.06. The number of ether oxygens (including phenoxy) is 2. The monoisotopic (exact) mass is 192 g/mol. The largest absolute Gasteiger partial charge is 0.359 e. The number of rotatable bonds is 3. The molecule has 2 nitrogen and oxygen atoms in total. The van der Waals surface area contributed by atoms with Crippen molar-refractivity contribution in [2.24, 2.45) is 0 Å². The SMILES string of the molecule is COCOC(C)C#CBr. The number of halogens is 1. The lowest BCUT2D eigenvalue weighted by molar-refractivity contribution is -0.0465. The topological polar surface area (TPSA) is 18.5 Å². The van der Waals surface area contributed by atoms with Gasteiger partial charge >= 0.3 is 0 Å². The van der Waals surface area contributed by atoms with Gasteiger partial charge in [0.05, 0.1) is 0 Å². The van der Waals surface area contributed by atoms with Gasteiger partial charge in [-0.25, -0.2) is 0 Å². The Morgan fingerprint density at radius 1 is 1.67 bits per heavy atom. The lowest BCUT2D eigenvalue weighted by Gasteiger charge is -2.02. The highest BCUT2D eigenvalue weighted by molar-refractivity contribution is 9.12. The van der Waals surface area contributed by atoms with Crippen LogP contribution in [0.3, 0.4) is 0 Å². The molecule has 52 valence electrons. The van der Waals surface area contributed by atoms with Crippen LogP contribution in [-0.2, 0) is 9.47 Å². The van der Waals surface area contributed by atoms with E-state index in [0.717, 1.165) is 0 Å². The summed E-state index contributed by atoms with van der Waals surface area (Å²) in [6, 6.07) is 0. The van der Waals surface area contributed by atoms with E-state index in [4.69, 9.17) is 4.74 Å². The Kier molecular flexibility index (Phi) is 6.06. The molecule has 0 aromatic carbocycles. The van der Waals surface area contributed by atoms with Crippen LogP contribution in [0.5, 0.6) is 0 Å². The van der Waals surface area contributed by atoms with E-state index in [1.165, 1.54) is 0 Å². The maximum absolute atomic E-state index is 5.01. The summed E-state index contributed by atoms with van der Waals surface area (Å²) in [7, 11) is 1.58. The minimum absolute atomic E-state index is 0.0654. The van der Waals surface area contributed by atoms with Crippen molar-refractivity contribution in [1.82, 2.24) is 0 Å². The third-order valence-corrected chi connectivity index (χ3v) is 0.923. The van der Waals surface area contributed by atoms with Crippen LogP contribution < -0.4 is 0 Å². The minimum Gasteiger partial charge on any atom is -0.359 e. The van der Waals surface area contributed by atoms with Crippen LogP contribution in [-0.4, -0.2) is 20.0 Å². The minimum atomic E-state index is -0.0654. The first-order valence-corrected chi connectivity index (χ1v) is 3.32. The maximum Gasteiger partial charge on any atom is 0.148 e. The van der Waals surface area contributed by atoms with E-state index in [1.807, 2.05) is 6.92 Å². The Labute approximate surface area is 63.7 Å². The second-order valence-electron chi connectivity index (χ2n) is 1.45. The molecule has 1 atom stereocenters. The molecular weight excluding hydrogens is 184 g/mol. The Morgan fingerprint density at radius 2 is 2.33 bits per heavy atom. The highest BCUT2D eigenvalue weighted by Gasteiger charge is 1.92. The molecule has 0 radical (unpaired) electrons. The molecule has 0 aliphatic heterocycles. The van der Waals surface area contributed by atoms with Crippen molar-refractivity contribution in [1.29, 1.82) is 0 Å². The quantitative estimate of drug-likeness (QED) is 0.497. The van der Waals surface area contributed by atoms with Gasteiger partial charge < -0.3 is 9.47 Å². The van der Waals surface area contributed by atoms with Gasteiger partial charge in [0.25, 0.3) is 0 Å². The van der Waals surface area contributed by atoms with Gasteiger partial charge in [-0.2, -0.15) is 0 Å². The van der Waals surface area contributed by atoms with Gasteiger partial charge in [0.1, 0.15) is 12.9 Å². The predicted molar refractivity (Wildman–Crippen MR) is 39.1 cm³/mol. The van der Waals surface area contributed by atoms with Gasteiger partial charge in [-0.05, 0) is 11.8 Å². The van der Waals surface area contributed by atoms with Crippen LogP contribution in [0.2, 0.25) is 0 Å². The third kappa shape index (κ3) is 5.84. The Bertz CT molecular complexity index is 114. The van der Waals surface area contributed by atoms with Gasteiger partial charge in [-0.1, -0.05) is 5.92 Å². The summed E-state index contributed by atoms with van der Waals surface area (Å²) < 4.78 is 9.66. The fourth-order valence-electron chi connectivity index (χ4n) is 0.289. The van der Waals surface area contributed by atoms with Gasteiger partial charge in [0.15, 0.2) is 0 Å². The normalized spacial score (nSPS) is 11.9. The van der Waals surface area contributed by atoms with Crippen LogP contribution in [0.25, 0.3) is 0 Å². The molecule has 3 heteroatoms. The molecule has 0 saturated heterocycles. The Hall–Kier alpha value is -0.0400. The molecule has 0 aromatic heterocycles. The van der Waals surface area contributed by atoms with Crippen LogP contribution in [0.15, 0.2) is 0 Å². The fraction of sp³-hybridized carbons (Fsp3) is 0.667. The highest BCUT2D eigenvalue weighted by Crippen LogP contribution is 1.87. The second kappa shape index (κ2) is 6.09. The van der Waals surface area contributed by atoms with Crippen molar-refractivity contribution in [3.8, 4) is 10.8 Å². The fourth-order valence-corrected chi connectivity index (χ4v) is 0.611. The summed E-state index contributed by atoms with van der Waals surface area (Å²) in [6.45, 7) is 2.15. The van der Waals surface area contributed by atoms with E-state index in [1.54, 1.807) is 7.11 Å². The van der Waals surface area contributed by atoms with Crippen LogP contribution in [0.4, 0.5) is 0 Å². The van der Waals surface area contributed by atoms with E-state index in [-0.39, 0.29) is 6.10 Å². The highest BCUT2D eigenvalue weighted by atomic mass is 79.9. The molecule has 0 bridgehead atoms. The standard InChI is InChI=1S/C6H9BrO2/c1-6(3-4-7)9-5-8-2/h6H,5H2,1-2H3. The maximum atomic E-state index is 5.01.